The molecule has 0 saturated carbocycles. The highest BCUT2D eigenvalue weighted by atomic mass is 35.5. The van der Waals surface area contributed by atoms with Crippen molar-refractivity contribution < 1.29 is 18.0 Å². The Hall–Kier alpha value is -3.07. The predicted molar refractivity (Wildman–Crippen MR) is 167 cm³/mol. The molecule has 220 valence electrons. The molecule has 0 radical (unpaired) electrons. The Kier molecular flexibility index (Phi) is 12.1. The molecule has 0 bridgehead atoms. The average Bonchev–Trinajstić information content (AvgIpc) is 2.94. The van der Waals surface area contributed by atoms with Crippen LogP contribution in [0.4, 0.5) is 5.69 Å². The summed E-state index contributed by atoms with van der Waals surface area (Å²) in [7, 11) is -3.64. The van der Waals surface area contributed by atoms with Gasteiger partial charge in [-0.1, -0.05) is 84.7 Å². The van der Waals surface area contributed by atoms with Crippen LogP contribution in [0.1, 0.15) is 42.9 Å². The lowest BCUT2D eigenvalue weighted by molar-refractivity contribution is -0.141. The van der Waals surface area contributed by atoms with E-state index < -0.39 is 16.1 Å². The molecule has 0 aliphatic heterocycles. The zero-order valence-electron chi connectivity index (χ0n) is 23.6. The van der Waals surface area contributed by atoms with E-state index in [1.807, 2.05) is 62.4 Å². The number of anilines is 1. The minimum atomic E-state index is -3.64. The lowest BCUT2D eigenvalue weighted by Crippen LogP contribution is -2.50. The number of sulfonamides is 1. The molecule has 0 aromatic heterocycles. The van der Waals surface area contributed by atoms with E-state index in [0.29, 0.717) is 28.7 Å². The number of halogens is 2. The molecule has 0 aliphatic carbocycles. The fraction of sp³-hybridized carbons (Fsp3) is 0.355. The summed E-state index contributed by atoms with van der Waals surface area (Å²) in [6, 6.07) is 21.1. The summed E-state index contributed by atoms with van der Waals surface area (Å²) in [4.78, 5) is 28.9. The van der Waals surface area contributed by atoms with Gasteiger partial charge in [0.2, 0.25) is 21.8 Å². The minimum absolute atomic E-state index is 0.0302. The molecule has 2 amide bonds. The Morgan fingerprint density at radius 2 is 1.66 bits per heavy atom. The Morgan fingerprint density at radius 1 is 0.976 bits per heavy atom. The molecule has 0 heterocycles. The third kappa shape index (κ3) is 9.48. The Labute approximate surface area is 253 Å². The van der Waals surface area contributed by atoms with Gasteiger partial charge in [0.1, 0.15) is 6.04 Å². The van der Waals surface area contributed by atoms with Crippen molar-refractivity contribution in [2.75, 3.05) is 23.7 Å². The SMILES string of the molecule is CCCNC(=O)C(Cc1ccccc1)N(Cc1ccccc1Cl)C(=O)CCCN(c1cc(Cl)ccc1C)S(C)(=O)=O. The van der Waals surface area contributed by atoms with Crippen LogP contribution in [0.3, 0.4) is 0 Å². The lowest BCUT2D eigenvalue weighted by atomic mass is 10.0. The highest BCUT2D eigenvalue weighted by Gasteiger charge is 2.31. The predicted octanol–water partition coefficient (Wildman–Crippen LogP) is 6.01. The molecule has 0 spiro atoms. The molecule has 3 rings (SSSR count). The van der Waals surface area contributed by atoms with Gasteiger partial charge in [0.05, 0.1) is 11.9 Å². The van der Waals surface area contributed by atoms with Crippen LogP contribution in [-0.4, -0.2) is 50.5 Å². The monoisotopic (exact) mass is 617 g/mol. The van der Waals surface area contributed by atoms with Gasteiger partial charge in [-0.2, -0.15) is 0 Å². The second-order valence-corrected chi connectivity index (χ2v) is 12.7. The smallest absolute Gasteiger partial charge is 0.243 e. The summed E-state index contributed by atoms with van der Waals surface area (Å²) in [5.41, 5.74) is 2.86. The summed E-state index contributed by atoms with van der Waals surface area (Å²) in [5, 5.41) is 3.87. The molecule has 0 aliphatic rings. The zero-order chi connectivity index (χ0) is 30.0. The largest absolute Gasteiger partial charge is 0.354 e. The van der Waals surface area contributed by atoms with Crippen molar-refractivity contribution in [2.24, 2.45) is 0 Å². The van der Waals surface area contributed by atoms with Crippen molar-refractivity contribution in [1.29, 1.82) is 0 Å². The normalized spacial score (nSPS) is 12.0. The van der Waals surface area contributed by atoms with E-state index in [0.717, 1.165) is 29.4 Å². The molecule has 7 nitrogen and oxygen atoms in total. The fourth-order valence-electron chi connectivity index (χ4n) is 4.56. The van der Waals surface area contributed by atoms with E-state index in [1.165, 1.54) is 4.31 Å². The van der Waals surface area contributed by atoms with Gasteiger partial charge in [0.15, 0.2) is 0 Å². The van der Waals surface area contributed by atoms with Crippen molar-refractivity contribution in [3.8, 4) is 0 Å². The van der Waals surface area contributed by atoms with Crippen LogP contribution < -0.4 is 9.62 Å². The number of aryl methyl sites for hydroxylation is 1. The molecule has 0 saturated heterocycles. The van der Waals surface area contributed by atoms with Crippen molar-refractivity contribution in [3.63, 3.8) is 0 Å². The highest BCUT2D eigenvalue weighted by Crippen LogP contribution is 2.27. The van der Waals surface area contributed by atoms with Gasteiger partial charge in [-0.15, -0.1) is 0 Å². The van der Waals surface area contributed by atoms with Crippen LogP contribution in [0.15, 0.2) is 72.8 Å². The summed E-state index contributed by atoms with van der Waals surface area (Å²) in [5.74, 6) is -0.516. The maximum atomic E-state index is 13.9. The molecule has 3 aromatic carbocycles. The summed E-state index contributed by atoms with van der Waals surface area (Å²) < 4.78 is 26.7. The van der Waals surface area contributed by atoms with Gasteiger partial charge in [-0.05, 0) is 54.7 Å². The Morgan fingerprint density at radius 3 is 2.32 bits per heavy atom. The molecular weight excluding hydrogens is 581 g/mol. The first-order valence-electron chi connectivity index (χ1n) is 13.6. The molecule has 0 fully saturated rings. The van der Waals surface area contributed by atoms with Gasteiger partial charge in [0, 0.05) is 42.5 Å². The number of hydrogen-bond donors (Lipinski definition) is 1. The zero-order valence-corrected chi connectivity index (χ0v) is 26.0. The summed E-state index contributed by atoms with van der Waals surface area (Å²) >= 11 is 12.6. The Bertz CT molecular complexity index is 1430. The molecule has 1 unspecified atom stereocenters. The van der Waals surface area contributed by atoms with E-state index in [4.69, 9.17) is 23.2 Å². The molecule has 3 aromatic rings. The van der Waals surface area contributed by atoms with Gasteiger partial charge >= 0.3 is 0 Å². The van der Waals surface area contributed by atoms with Gasteiger partial charge in [-0.25, -0.2) is 8.42 Å². The van der Waals surface area contributed by atoms with Crippen molar-refractivity contribution in [2.45, 2.75) is 52.1 Å². The summed E-state index contributed by atoms with van der Waals surface area (Å²) in [6.45, 7) is 4.48. The third-order valence-corrected chi connectivity index (χ3v) is 8.49. The number of amides is 2. The Balaban J connectivity index is 1.90. The van der Waals surface area contributed by atoms with E-state index in [1.54, 1.807) is 29.2 Å². The van der Waals surface area contributed by atoms with Gasteiger partial charge in [0.25, 0.3) is 0 Å². The molecule has 1 atom stereocenters. The number of rotatable bonds is 14. The van der Waals surface area contributed by atoms with Crippen LogP contribution in [0.5, 0.6) is 0 Å². The second-order valence-electron chi connectivity index (χ2n) is 9.98. The second kappa shape index (κ2) is 15.2. The third-order valence-electron chi connectivity index (χ3n) is 6.71. The van der Waals surface area contributed by atoms with Crippen molar-refractivity contribution >= 4 is 50.7 Å². The van der Waals surface area contributed by atoms with Crippen LogP contribution in [0, 0.1) is 6.92 Å². The average molecular weight is 619 g/mol. The number of nitrogens with zero attached hydrogens (tertiary/aromatic N) is 2. The van der Waals surface area contributed by atoms with E-state index >= 15 is 0 Å². The maximum Gasteiger partial charge on any atom is 0.243 e. The molecular formula is C31H37Cl2N3O4S. The minimum Gasteiger partial charge on any atom is -0.354 e. The summed E-state index contributed by atoms with van der Waals surface area (Å²) in [6.07, 6.45) is 2.48. The number of carbonyl (C=O) groups excluding carboxylic acids is 2. The number of nitrogens with one attached hydrogen (secondary N) is 1. The lowest BCUT2D eigenvalue weighted by Gasteiger charge is -2.32. The first kappa shape index (κ1) is 32.4. The fourth-order valence-corrected chi connectivity index (χ4v) is 5.94. The van der Waals surface area contributed by atoms with Crippen LogP contribution in [0.25, 0.3) is 0 Å². The van der Waals surface area contributed by atoms with Gasteiger partial charge in [-0.3, -0.25) is 13.9 Å². The van der Waals surface area contributed by atoms with E-state index in [2.05, 4.69) is 5.32 Å². The standard InChI is InChI=1S/C31H37Cl2N3O4S/c1-4-18-34-31(38)29(20-24-11-6-5-7-12-24)35(22-25-13-8-9-14-27(25)33)30(37)15-10-19-36(41(3,39)40)28-21-26(32)17-16-23(28)2/h5-9,11-14,16-17,21,29H,4,10,15,18-20,22H2,1-3H3,(H,34,38). The number of benzene rings is 3. The highest BCUT2D eigenvalue weighted by molar-refractivity contribution is 7.92. The first-order chi connectivity index (χ1) is 19.5. The molecule has 10 heteroatoms. The molecule has 41 heavy (non-hydrogen) atoms. The number of carbonyl (C=O) groups is 2. The van der Waals surface area contributed by atoms with Crippen molar-refractivity contribution in [1.82, 2.24) is 10.2 Å². The number of hydrogen-bond acceptors (Lipinski definition) is 4. The van der Waals surface area contributed by atoms with E-state index in [-0.39, 0.29) is 37.7 Å². The van der Waals surface area contributed by atoms with Crippen LogP contribution >= 0.6 is 23.2 Å². The van der Waals surface area contributed by atoms with E-state index in [9.17, 15) is 18.0 Å². The van der Waals surface area contributed by atoms with Crippen LogP contribution in [0.2, 0.25) is 10.0 Å². The first-order valence-corrected chi connectivity index (χ1v) is 16.2. The maximum absolute atomic E-state index is 13.9. The topological polar surface area (TPSA) is 86.8 Å². The molecule has 1 N–H and O–H groups in total. The van der Waals surface area contributed by atoms with Crippen molar-refractivity contribution in [3.05, 3.63) is 99.5 Å². The van der Waals surface area contributed by atoms with Gasteiger partial charge < -0.3 is 10.2 Å². The quantitative estimate of drug-likeness (QED) is 0.240. The van der Waals surface area contributed by atoms with Crippen LogP contribution in [-0.2, 0) is 32.6 Å².